The number of hydrogen-bond donors (Lipinski definition) is 1. The molecule has 1 atom stereocenters. The molecule has 0 radical (unpaired) electrons. The van der Waals surface area contributed by atoms with Gasteiger partial charge < -0.3 is 15.0 Å². The first-order chi connectivity index (χ1) is 20.5. The van der Waals surface area contributed by atoms with E-state index in [0.717, 1.165) is 62.8 Å². The van der Waals surface area contributed by atoms with Crippen molar-refractivity contribution < 1.29 is 22.8 Å². The van der Waals surface area contributed by atoms with Gasteiger partial charge in [0.1, 0.15) is 5.56 Å². The van der Waals surface area contributed by atoms with Crippen LogP contribution in [0.15, 0.2) is 53.3 Å². The van der Waals surface area contributed by atoms with Crippen LogP contribution in [0.4, 0.5) is 24.5 Å². The van der Waals surface area contributed by atoms with Crippen molar-refractivity contribution >= 4 is 11.4 Å². The lowest BCUT2D eigenvalue weighted by molar-refractivity contribution is -0.388. The van der Waals surface area contributed by atoms with E-state index < -0.39 is 22.4 Å². The third-order valence-electron chi connectivity index (χ3n) is 8.66. The molecule has 0 aliphatic heterocycles. The van der Waals surface area contributed by atoms with Crippen LogP contribution in [0, 0.1) is 16.0 Å². The van der Waals surface area contributed by atoms with Gasteiger partial charge in [0.2, 0.25) is 0 Å². The Labute approximate surface area is 255 Å². The third kappa shape index (κ3) is 11.3. The standard InChI is InChI=1S/C34H50F3N3O3/c1-5-21-39(22-6-2)23-20-25(3)10-12-27-8-7-9-30(16-11-26(27)4)43-31-17-13-28(14-18-31)38-29-15-19-33(40(41)42)32(24-29)34(35,36)37/h7-9,15,19,24-25,28,31,38H,5-6,10-14,16-18,20-23H2,1-4H3/b8-7-,27-26-,30-9-/t25?,28-,31-. The van der Waals surface area contributed by atoms with Crippen molar-refractivity contribution in [2.45, 2.75) is 117 Å². The molecule has 6 nitrogen and oxygen atoms in total. The first-order valence-electron chi connectivity index (χ1n) is 16.1. The minimum absolute atomic E-state index is 0.00918. The van der Waals surface area contributed by atoms with Crippen molar-refractivity contribution in [3.05, 3.63) is 69.0 Å². The van der Waals surface area contributed by atoms with E-state index in [1.807, 2.05) is 0 Å². The van der Waals surface area contributed by atoms with Gasteiger partial charge in [-0.15, -0.1) is 0 Å². The Morgan fingerprint density at radius 1 is 1.07 bits per heavy atom. The second-order valence-corrected chi connectivity index (χ2v) is 12.3. The summed E-state index contributed by atoms with van der Waals surface area (Å²) in [5.41, 5.74) is 0.947. The lowest BCUT2D eigenvalue weighted by Gasteiger charge is -2.31. The monoisotopic (exact) mass is 605 g/mol. The third-order valence-corrected chi connectivity index (χ3v) is 8.66. The summed E-state index contributed by atoms with van der Waals surface area (Å²) in [5.74, 6) is 1.68. The molecule has 240 valence electrons. The van der Waals surface area contributed by atoms with Gasteiger partial charge in [-0.3, -0.25) is 10.1 Å². The molecule has 2 aliphatic rings. The molecule has 2 aliphatic carbocycles. The van der Waals surface area contributed by atoms with Crippen molar-refractivity contribution in [1.29, 1.82) is 0 Å². The number of nitrogens with one attached hydrogen (secondary N) is 1. The summed E-state index contributed by atoms with van der Waals surface area (Å²) in [7, 11) is 0. The molecule has 0 amide bonds. The molecule has 0 heterocycles. The van der Waals surface area contributed by atoms with Crippen LogP contribution in [0.25, 0.3) is 0 Å². The van der Waals surface area contributed by atoms with Crippen molar-refractivity contribution in [2.24, 2.45) is 5.92 Å². The largest absolute Gasteiger partial charge is 0.495 e. The summed E-state index contributed by atoms with van der Waals surface area (Å²) < 4.78 is 46.4. The minimum Gasteiger partial charge on any atom is -0.495 e. The summed E-state index contributed by atoms with van der Waals surface area (Å²) in [5, 5.41) is 14.2. The number of nitro groups is 1. The van der Waals surface area contributed by atoms with E-state index in [1.165, 1.54) is 62.5 Å². The fraction of sp³-hybridized carbons (Fsp3) is 0.647. The number of halogens is 3. The summed E-state index contributed by atoms with van der Waals surface area (Å²) in [6, 6.07) is 3.10. The average Bonchev–Trinajstić information content (AvgIpc) is 2.95. The summed E-state index contributed by atoms with van der Waals surface area (Å²) in [6.45, 7) is 12.7. The summed E-state index contributed by atoms with van der Waals surface area (Å²) >= 11 is 0. The molecule has 1 saturated carbocycles. The highest BCUT2D eigenvalue weighted by Crippen LogP contribution is 2.38. The molecule has 1 unspecified atom stereocenters. The predicted molar refractivity (Wildman–Crippen MR) is 168 cm³/mol. The van der Waals surface area contributed by atoms with Crippen molar-refractivity contribution in [1.82, 2.24) is 4.90 Å². The van der Waals surface area contributed by atoms with Crippen LogP contribution in [-0.4, -0.2) is 41.6 Å². The fourth-order valence-electron chi connectivity index (χ4n) is 6.07. The minimum atomic E-state index is -4.79. The maximum atomic E-state index is 13.3. The van der Waals surface area contributed by atoms with Gasteiger partial charge in [0.25, 0.3) is 5.69 Å². The van der Waals surface area contributed by atoms with E-state index in [9.17, 15) is 23.3 Å². The molecule has 0 saturated heterocycles. The first kappa shape index (κ1) is 34.7. The smallest absolute Gasteiger partial charge is 0.423 e. The van der Waals surface area contributed by atoms with Crippen molar-refractivity contribution in [2.75, 3.05) is 25.0 Å². The number of rotatable bonds is 15. The van der Waals surface area contributed by atoms with E-state index >= 15 is 0 Å². The van der Waals surface area contributed by atoms with Crippen molar-refractivity contribution in [3.8, 4) is 0 Å². The van der Waals surface area contributed by atoms with E-state index in [0.29, 0.717) is 5.92 Å². The zero-order chi connectivity index (χ0) is 31.4. The Morgan fingerprint density at radius 2 is 1.77 bits per heavy atom. The Bertz CT molecular complexity index is 1130. The number of nitro benzene ring substituents is 1. The summed E-state index contributed by atoms with van der Waals surface area (Å²) in [6.07, 6.45) is 12.6. The van der Waals surface area contributed by atoms with Crippen LogP contribution in [0.5, 0.6) is 0 Å². The molecule has 0 aromatic heterocycles. The van der Waals surface area contributed by atoms with Gasteiger partial charge in [0.05, 0.1) is 16.8 Å². The highest BCUT2D eigenvalue weighted by molar-refractivity contribution is 5.55. The predicted octanol–water partition coefficient (Wildman–Crippen LogP) is 9.83. The van der Waals surface area contributed by atoms with Gasteiger partial charge >= 0.3 is 6.18 Å². The number of alkyl halides is 3. The Kier molecular flexibility index (Phi) is 13.6. The molecule has 0 spiro atoms. The molecule has 9 heteroatoms. The molecule has 43 heavy (non-hydrogen) atoms. The van der Waals surface area contributed by atoms with Crippen molar-refractivity contribution in [3.63, 3.8) is 0 Å². The lowest BCUT2D eigenvalue weighted by Crippen LogP contribution is -2.29. The van der Waals surface area contributed by atoms with Crippen LogP contribution in [0.3, 0.4) is 0 Å². The quantitative estimate of drug-likeness (QED) is 0.159. The number of anilines is 1. The highest BCUT2D eigenvalue weighted by Gasteiger charge is 2.38. The van der Waals surface area contributed by atoms with Gasteiger partial charge in [-0.2, -0.15) is 13.2 Å². The maximum absolute atomic E-state index is 13.3. The van der Waals surface area contributed by atoms with Gasteiger partial charge in [0, 0.05) is 24.2 Å². The average molecular weight is 606 g/mol. The zero-order valence-corrected chi connectivity index (χ0v) is 26.3. The molecule has 1 fully saturated rings. The highest BCUT2D eigenvalue weighted by atomic mass is 19.4. The van der Waals surface area contributed by atoms with E-state index in [4.69, 9.17) is 4.74 Å². The van der Waals surface area contributed by atoms with Gasteiger partial charge in [-0.1, -0.05) is 38.5 Å². The molecule has 1 aromatic carbocycles. The van der Waals surface area contributed by atoms with E-state index in [2.05, 4.69) is 56.1 Å². The van der Waals surface area contributed by atoms with Gasteiger partial charge in [-0.25, -0.2) is 0 Å². The summed E-state index contributed by atoms with van der Waals surface area (Å²) in [4.78, 5) is 12.6. The lowest BCUT2D eigenvalue weighted by atomic mass is 9.92. The Morgan fingerprint density at radius 3 is 2.40 bits per heavy atom. The van der Waals surface area contributed by atoms with Crippen LogP contribution in [0.2, 0.25) is 0 Å². The Balaban J connectivity index is 1.45. The van der Waals surface area contributed by atoms with Crippen LogP contribution in [-0.2, 0) is 10.9 Å². The zero-order valence-electron chi connectivity index (χ0n) is 26.3. The molecule has 1 N–H and O–H groups in total. The second kappa shape index (κ2) is 16.9. The number of benzene rings is 1. The van der Waals surface area contributed by atoms with Crippen LogP contribution < -0.4 is 5.32 Å². The van der Waals surface area contributed by atoms with E-state index in [1.54, 1.807) is 0 Å². The molecular weight excluding hydrogens is 555 g/mol. The number of allylic oxidation sites excluding steroid dienone is 6. The molecule has 0 bridgehead atoms. The fourth-order valence-corrected chi connectivity index (χ4v) is 6.07. The SMILES string of the molecule is CCCN(CCC)CCC(C)CCC1=C(/C)CC/C(O[C@H]2CC[C@H](Nc3ccc([N+](=O)[O-])c(C(F)(F)F)c3)CC2)=C/C=C\1. The van der Waals surface area contributed by atoms with E-state index in [-0.39, 0.29) is 17.8 Å². The molecule has 1 aromatic rings. The molecule has 3 rings (SSSR count). The van der Waals surface area contributed by atoms with Gasteiger partial charge in [0.15, 0.2) is 0 Å². The Hall–Kier alpha value is -2.81. The van der Waals surface area contributed by atoms with Crippen LogP contribution >= 0.6 is 0 Å². The molecular formula is C34H50F3N3O3. The number of hydrogen-bond acceptors (Lipinski definition) is 5. The van der Waals surface area contributed by atoms with Gasteiger partial charge in [-0.05, 0) is 120 Å². The number of ether oxygens (including phenoxy) is 1. The first-order valence-corrected chi connectivity index (χ1v) is 16.1. The second-order valence-electron chi connectivity index (χ2n) is 12.3. The maximum Gasteiger partial charge on any atom is 0.423 e. The van der Waals surface area contributed by atoms with Crippen LogP contribution in [0.1, 0.15) is 104 Å². The normalized spacial score (nSPS) is 24.0. The topological polar surface area (TPSA) is 67.6 Å². The number of nitrogens with zero attached hydrogens (tertiary/aromatic N) is 2.